The Hall–Kier alpha value is -0.930. The molecule has 0 spiro atoms. The standard InChI is InChI=1S/C15H26N2O.ClH/c1-5-17(6-2)12-7-8-13(15(18)10-12)14(16)9-11(3)4;/h7-8,10-11,14,18H,5-6,9,16H2,1-4H3;1H/t14-;/m0./s1. The first kappa shape index (κ1) is 18.1. The number of phenols is 1. The van der Waals surface area contributed by atoms with E-state index < -0.39 is 0 Å². The molecule has 0 saturated carbocycles. The van der Waals surface area contributed by atoms with Gasteiger partial charge in [-0.2, -0.15) is 0 Å². The summed E-state index contributed by atoms with van der Waals surface area (Å²) in [5, 5.41) is 10.1. The fraction of sp³-hybridized carbons (Fsp3) is 0.600. The van der Waals surface area contributed by atoms with E-state index in [9.17, 15) is 5.11 Å². The second-order valence-electron chi connectivity index (χ2n) is 5.15. The average Bonchev–Trinajstić information content (AvgIpc) is 2.29. The van der Waals surface area contributed by atoms with Gasteiger partial charge >= 0.3 is 0 Å². The maximum atomic E-state index is 10.1. The van der Waals surface area contributed by atoms with E-state index in [0.717, 1.165) is 30.8 Å². The number of aromatic hydroxyl groups is 1. The quantitative estimate of drug-likeness (QED) is 0.838. The first-order valence-corrected chi connectivity index (χ1v) is 6.83. The van der Waals surface area contributed by atoms with Crippen molar-refractivity contribution in [1.29, 1.82) is 0 Å². The van der Waals surface area contributed by atoms with Crippen LogP contribution in [0.25, 0.3) is 0 Å². The van der Waals surface area contributed by atoms with Gasteiger partial charge in [0.25, 0.3) is 0 Å². The van der Waals surface area contributed by atoms with Crippen molar-refractivity contribution in [1.82, 2.24) is 0 Å². The molecule has 0 aromatic heterocycles. The summed E-state index contributed by atoms with van der Waals surface area (Å²) < 4.78 is 0. The molecule has 0 fully saturated rings. The van der Waals surface area contributed by atoms with Gasteiger partial charge in [-0.1, -0.05) is 19.9 Å². The van der Waals surface area contributed by atoms with Gasteiger partial charge in [0.15, 0.2) is 0 Å². The maximum Gasteiger partial charge on any atom is 0.122 e. The Morgan fingerprint density at radius 3 is 2.21 bits per heavy atom. The number of halogens is 1. The molecule has 0 aliphatic carbocycles. The Bertz CT molecular complexity index is 378. The maximum absolute atomic E-state index is 10.1. The first-order chi connectivity index (χ1) is 8.49. The van der Waals surface area contributed by atoms with Crippen molar-refractivity contribution < 1.29 is 5.11 Å². The van der Waals surface area contributed by atoms with E-state index in [0.29, 0.717) is 11.7 Å². The summed E-state index contributed by atoms with van der Waals surface area (Å²) in [5.74, 6) is 0.842. The third-order valence-electron chi connectivity index (χ3n) is 3.27. The molecule has 0 bridgehead atoms. The fourth-order valence-electron chi connectivity index (χ4n) is 2.27. The third-order valence-corrected chi connectivity index (χ3v) is 3.27. The predicted molar refractivity (Wildman–Crippen MR) is 85.3 cm³/mol. The molecule has 110 valence electrons. The van der Waals surface area contributed by atoms with E-state index in [1.807, 2.05) is 18.2 Å². The summed E-state index contributed by atoms with van der Waals surface area (Å²) in [6.07, 6.45) is 0.887. The predicted octanol–water partition coefficient (Wildman–Crippen LogP) is 3.71. The SMILES string of the molecule is CCN(CC)c1ccc([C@@H](N)CC(C)C)c(O)c1.Cl. The summed E-state index contributed by atoms with van der Waals surface area (Å²) in [4.78, 5) is 2.21. The van der Waals surface area contributed by atoms with Crippen LogP contribution in [0.2, 0.25) is 0 Å². The summed E-state index contributed by atoms with van der Waals surface area (Å²) >= 11 is 0. The molecule has 1 aromatic rings. The molecule has 0 heterocycles. The van der Waals surface area contributed by atoms with Crippen LogP contribution in [0.4, 0.5) is 5.69 Å². The molecular formula is C15H27ClN2O. The largest absolute Gasteiger partial charge is 0.508 e. The molecule has 3 N–H and O–H groups in total. The lowest BCUT2D eigenvalue weighted by molar-refractivity contribution is 0.445. The number of hydrogen-bond donors (Lipinski definition) is 2. The van der Waals surface area contributed by atoms with Gasteiger partial charge < -0.3 is 15.7 Å². The second kappa shape index (κ2) is 8.28. The van der Waals surface area contributed by atoms with Gasteiger partial charge in [-0.05, 0) is 32.3 Å². The number of benzene rings is 1. The van der Waals surface area contributed by atoms with Gasteiger partial charge in [-0.15, -0.1) is 12.4 Å². The third kappa shape index (κ3) is 4.92. The number of phenolic OH excluding ortho intramolecular Hbond substituents is 1. The van der Waals surface area contributed by atoms with Crippen molar-refractivity contribution in [3.05, 3.63) is 23.8 Å². The molecule has 0 saturated heterocycles. The van der Waals surface area contributed by atoms with Gasteiger partial charge in [0, 0.05) is 36.4 Å². The zero-order chi connectivity index (χ0) is 13.7. The number of anilines is 1. The number of nitrogens with zero attached hydrogens (tertiary/aromatic N) is 1. The number of hydrogen-bond acceptors (Lipinski definition) is 3. The van der Waals surface area contributed by atoms with Crippen LogP contribution in [0.3, 0.4) is 0 Å². The summed E-state index contributed by atoms with van der Waals surface area (Å²) in [5.41, 5.74) is 8.01. The van der Waals surface area contributed by atoms with Crippen LogP contribution in [0.5, 0.6) is 5.75 Å². The Morgan fingerprint density at radius 2 is 1.79 bits per heavy atom. The normalized spacial score (nSPS) is 12.1. The highest BCUT2D eigenvalue weighted by atomic mass is 35.5. The van der Waals surface area contributed by atoms with Crippen LogP contribution in [-0.2, 0) is 0 Å². The van der Waals surface area contributed by atoms with Crippen LogP contribution < -0.4 is 10.6 Å². The minimum atomic E-state index is -0.0873. The Balaban J connectivity index is 0.00000324. The highest BCUT2D eigenvalue weighted by Gasteiger charge is 2.14. The molecule has 4 heteroatoms. The molecule has 19 heavy (non-hydrogen) atoms. The van der Waals surface area contributed by atoms with Crippen LogP contribution in [0.15, 0.2) is 18.2 Å². The molecule has 0 aliphatic heterocycles. The van der Waals surface area contributed by atoms with Crippen LogP contribution in [0, 0.1) is 5.92 Å². The van der Waals surface area contributed by atoms with E-state index >= 15 is 0 Å². The van der Waals surface area contributed by atoms with Crippen molar-refractivity contribution in [3.63, 3.8) is 0 Å². The summed E-state index contributed by atoms with van der Waals surface area (Å²) in [6, 6.07) is 5.73. The monoisotopic (exact) mass is 286 g/mol. The van der Waals surface area contributed by atoms with Crippen LogP contribution in [-0.4, -0.2) is 18.2 Å². The van der Waals surface area contributed by atoms with E-state index in [1.165, 1.54) is 0 Å². The summed E-state index contributed by atoms with van der Waals surface area (Å²) in [7, 11) is 0. The topological polar surface area (TPSA) is 49.5 Å². The second-order valence-corrected chi connectivity index (χ2v) is 5.15. The van der Waals surface area contributed by atoms with E-state index in [-0.39, 0.29) is 18.4 Å². The Labute approximate surface area is 123 Å². The van der Waals surface area contributed by atoms with Crippen LogP contribution >= 0.6 is 12.4 Å². The number of nitrogens with two attached hydrogens (primary N) is 1. The van der Waals surface area contributed by atoms with E-state index in [1.54, 1.807) is 0 Å². The molecule has 0 amide bonds. The van der Waals surface area contributed by atoms with E-state index in [2.05, 4.69) is 32.6 Å². The Kier molecular flexibility index (Phi) is 7.88. The molecule has 1 aromatic carbocycles. The average molecular weight is 287 g/mol. The highest BCUT2D eigenvalue weighted by molar-refractivity contribution is 5.85. The minimum absolute atomic E-state index is 0. The molecule has 0 unspecified atom stereocenters. The van der Waals surface area contributed by atoms with Crippen molar-refractivity contribution in [3.8, 4) is 5.75 Å². The lowest BCUT2D eigenvalue weighted by Crippen LogP contribution is -2.22. The van der Waals surface area contributed by atoms with Gasteiger partial charge in [0.05, 0.1) is 0 Å². The minimum Gasteiger partial charge on any atom is -0.508 e. The van der Waals surface area contributed by atoms with Gasteiger partial charge in [-0.25, -0.2) is 0 Å². The molecule has 0 radical (unpaired) electrons. The van der Waals surface area contributed by atoms with Gasteiger partial charge in [-0.3, -0.25) is 0 Å². The van der Waals surface area contributed by atoms with Gasteiger partial charge in [0.1, 0.15) is 5.75 Å². The molecule has 3 nitrogen and oxygen atoms in total. The summed E-state index contributed by atoms with van der Waals surface area (Å²) in [6.45, 7) is 10.4. The van der Waals surface area contributed by atoms with Crippen molar-refractivity contribution >= 4 is 18.1 Å². The van der Waals surface area contributed by atoms with E-state index in [4.69, 9.17) is 5.73 Å². The molecule has 0 aliphatic rings. The van der Waals surface area contributed by atoms with Crippen LogP contribution in [0.1, 0.15) is 45.7 Å². The Morgan fingerprint density at radius 1 is 1.21 bits per heavy atom. The fourth-order valence-corrected chi connectivity index (χ4v) is 2.27. The van der Waals surface area contributed by atoms with Crippen molar-refractivity contribution in [2.45, 2.75) is 40.2 Å². The zero-order valence-electron chi connectivity index (χ0n) is 12.4. The smallest absolute Gasteiger partial charge is 0.122 e. The molecule has 1 atom stereocenters. The van der Waals surface area contributed by atoms with Crippen molar-refractivity contribution in [2.24, 2.45) is 11.7 Å². The first-order valence-electron chi connectivity index (χ1n) is 6.83. The number of rotatable bonds is 6. The lowest BCUT2D eigenvalue weighted by atomic mass is 9.97. The molecular weight excluding hydrogens is 260 g/mol. The van der Waals surface area contributed by atoms with Crippen molar-refractivity contribution in [2.75, 3.05) is 18.0 Å². The lowest BCUT2D eigenvalue weighted by Gasteiger charge is -2.23. The van der Waals surface area contributed by atoms with Gasteiger partial charge in [0.2, 0.25) is 0 Å². The zero-order valence-corrected chi connectivity index (χ0v) is 13.2. The highest BCUT2D eigenvalue weighted by Crippen LogP contribution is 2.30. The molecule has 1 rings (SSSR count).